The van der Waals surface area contributed by atoms with E-state index in [9.17, 15) is 14.4 Å². The normalized spacial score (nSPS) is 11.2. The highest BCUT2D eigenvalue weighted by atomic mass is 16.5. The number of unbranched alkanes of at least 4 members (excludes halogenated alkanes) is 8. The Balaban J connectivity index is 4.72. The minimum Gasteiger partial charge on any atom is -0.464 e. The smallest absolute Gasteiger partial charge is 0.308 e. The fourth-order valence-electron chi connectivity index (χ4n) is 4.56. The number of carbonyl (C=O) groups is 3. The summed E-state index contributed by atoms with van der Waals surface area (Å²) in [5.74, 6) is -0.719. The SMILES string of the molecule is CCCCCC(CCCCC)C(=O)OCCN(CCOC(=O)C(CCCCC)CCCCC)C(=O)CN. The molecule has 7 heteroatoms. The van der Waals surface area contributed by atoms with Gasteiger partial charge in [0.15, 0.2) is 0 Å². The highest BCUT2D eigenvalue weighted by molar-refractivity contribution is 5.78. The van der Waals surface area contributed by atoms with Crippen molar-refractivity contribution in [1.82, 2.24) is 4.90 Å². The van der Waals surface area contributed by atoms with E-state index in [0.29, 0.717) is 0 Å². The zero-order chi connectivity index (χ0) is 27.7. The number of esters is 2. The van der Waals surface area contributed by atoms with Crippen molar-refractivity contribution in [1.29, 1.82) is 0 Å². The molecule has 218 valence electrons. The Morgan fingerprint density at radius 2 is 0.919 bits per heavy atom. The van der Waals surface area contributed by atoms with E-state index in [1.165, 1.54) is 4.90 Å². The molecule has 0 saturated carbocycles. The van der Waals surface area contributed by atoms with Gasteiger partial charge in [-0.2, -0.15) is 0 Å². The molecule has 0 bridgehead atoms. The van der Waals surface area contributed by atoms with E-state index in [1.807, 2.05) is 0 Å². The molecule has 0 unspecified atom stereocenters. The Kier molecular flexibility index (Phi) is 23.6. The molecule has 0 aliphatic rings. The quantitative estimate of drug-likeness (QED) is 0.109. The molecule has 0 heterocycles. The summed E-state index contributed by atoms with van der Waals surface area (Å²) in [6, 6.07) is 0. The minimum atomic E-state index is -0.239. The Hall–Kier alpha value is -1.63. The molecule has 0 saturated heterocycles. The van der Waals surface area contributed by atoms with Gasteiger partial charge in [-0.05, 0) is 25.7 Å². The molecular weight excluding hydrogens is 468 g/mol. The molecular formula is C30H58N2O5. The molecule has 0 rings (SSSR count). The predicted octanol–water partition coefficient (Wildman–Crippen LogP) is 6.41. The maximum absolute atomic E-state index is 12.7. The van der Waals surface area contributed by atoms with E-state index in [2.05, 4.69) is 27.7 Å². The van der Waals surface area contributed by atoms with E-state index in [0.717, 1.165) is 103 Å². The van der Waals surface area contributed by atoms with Crippen LogP contribution in [0.2, 0.25) is 0 Å². The van der Waals surface area contributed by atoms with E-state index in [-0.39, 0.29) is 62.5 Å². The van der Waals surface area contributed by atoms with Crippen LogP contribution in [-0.2, 0) is 23.9 Å². The fourth-order valence-corrected chi connectivity index (χ4v) is 4.56. The van der Waals surface area contributed by atoms with Gasteiger partial charge in [-0.1, -0.05) is 105 Å². The topological polar surface area (TPSA) is 98.9 Å². The Bertz CT molecular complexity index is 522. The van der Waals surface area contributed by atoms with Crippen molar-refractivity contribution in [3.05, 3.63) is 0 Å². The number of amides is 1. The van der Waals surface area contributed by atoms with Crippen LogP contribution in [0.25, 0.3) is 0 Å². The highest BCUT2D eigenvalue weighted by Gasteiger charge is 2.22. The Morgan fingerprint density at radius 3 is 1.19 bits per heavy atom. The summed E-state index contributed by atoms with van der Waals surface area (Å²) >= 11 is 0. The molecule has 0 aromatic heterocycles. The molecule has 0 atom stereocenters. The van der Waals surface area contributed by atoms with E-state index in [1.54, 1.807) is 0 Å². The van der Waals surface area contributed by atoms with Gasteiger partial charge in [-0.15, -0.1) is 0 Å². The first kappa shape index (κ1) is 35.4. The maximum atomic E-state index is 12.7. The van der Waals surface area contributed by atoms with Gasteiger partial charge in [0.25, 0.3) is 0 Å². The molecule has 7 nitrogen and oxygen atoms in total. The minimum absolute atomic E-state index is 0.0740. The molecule has 0 fully saturated rings. The van der Waals surface area contributed by atoms with Crippen molar-refractivity contribution in [2.75, 3.05) is 32.8 Å². The van der Waals surface area contributed by atoms with Crippen molar-refractivity contribution >= 4 is 17.8 Å². The maximum Gasteiger partial charge on any atom is 0.308 e. The van der Waals surface area contributed by atoms with E-state index >= 15 is 0 Å². The van der Waals surface area contributed by atoms with Gasteiger partial charge in [0.1, 0.15) is 13.2 Å². The van der Waals surface area contributed by atoms with Crippen LogP contribution in [0.3, 0.4) is 0 Å². The second-order valence-electron chi connectivity index (χ2n) is 10.3. The van der Waals surface area contributed by atoms with Crippen LogP contribution in [-0.4, -0.2) is 55.6 Å². The fraction of sp³-hybridized carbons (Fsp3) is 0.900. The third-order valence-electron chi connectivity index (χ3n) is 7.03. The lowest BCUT2D eigenvalue weighted by Gasteiger charge is -2.23. The molecule has 0 aliphatic carbocycles. The third kappa shape index (κ3) is 18.3. The average Bonchev–Trinajstić information content (AvgIpc) is 2.90. The number of hydrogen-bond acceptors (Lipinski definition) is 6. The van der Waals surface area contributed by atoms with Crippen LogP contribution in [0, 0.1) is 11.8 Å². The second kappa shape index (κ2) is 24.7. The van der Waals surface area contributed by atoms with Gasteiger partial charge in [0, 0.05) is 0 Å². The summed E-state index contributed by atoms with van der Waals surface area (Å²) in [4.78, 5) is 39.3. The van der Waals surface area contributed by atoms with Crippen LogP contribution >= 0.6 is 0 Å². The molecule has 1 amide bonds. The van der Waals surface area contributed by atoms with Crippen LogP contribution in [0.4, 0.5) is 0 Å². The number of rotatable bonds is 25. The van der Waals surface area contributed by atoms with Crippen molar-refractivity contribution < 1.29 is 23.9 Å². The Labute approximate surface area is 227 Å². The summed E-state index contributed by atoms with van der Waals surface area (Å²) in [5, 5.41) is 0. The molecule has 0 aliphatic heterocycles. The summed E-state index contributed by atoms with van der Waals surface area (Å²) in [6.07, 6.45) is 16.5. The molecule has 0 radical (unpaired) electrons. The van der Waals surface area contributed by atoms with Gasteiger partial charge in [-0.3, -0.25) is 14.4 Å². The molecule has 0 spiro atoms. The lowest BCUT2D eigenvalue weighted by molar-refractivity contribution is -0.152. The lowest BCUT2D eigenvalue weighted by atomic mass is 9.95. The van der Waals surface area contributed by atoms with Crippen LogP contribution in [0.15, 0.2) is 0 Å². The first-order valence-electron chi connectivity index (χ1n) is 15.3. The first-order chi connectivity index (χ1) is 17.9. The second-order valence-corrected chi connectivity index (χ2v) is 10.3. The van der Waals surface area contributed by atoms with Gasteiger partial charge in [-0.25, -0.2) is 0 Å². The molecule has 37 heavy (non-hydrogen) atoms. The monoisotopic (exact) mass is 526 g/mol. The van der Waals surface area contributed by atoms with Gasteiger partial charge < -0.3 is 20.1 Å². The zero-order valence-corrected chi connectivity index (χ0v) is 24.6. The first-order valence-corrected chi connectivity index (χ1v) is 15.3. The summed E-state index contributed by atoms with van der Waals surface area (Å²) < 4.78 is 11.2. The van der Waals surface area contributed by atoms with Crippen molar-refractivity contribution in [3.63, 3.8) is 0 Å². The molecule has 0 aromatic rings. The highest BCUT2D eigenvalue weighted by Crippen LogP contribution is 2.20. The van der Waals surface area contributed by atoms with Crippen molar-refractivity contribution in [3.8, 4) is 0 Å². The van der Waals surface area contributed by atoms with Gasteiger partial charge >= 0.3 is 11.9 Å². The standard InChI is InChI=1S/C30H58N2O5/c1-5-9-13-17-26(18-14-10-6-2)29(34)36-23-21-32(28(33)25-31)22-24-37-30(35)27(19-15-11-7-3)20-16-12-8-4/h26-27H,5-25,31H2,1-4H3. The number of hydrogen-bond donors (Lipinski definition) is 1. The molecule has 0 aromatic carbocycles. The predicted molar refractivity (Wildman–Crippen MR) is 151 cm³/mol. The van der Waals surface area contributed by atoms with Gasteiger partial charge in [0.05, 0.1) is 31.5 Å². The number of carbonyl (C=O) groups excluding carboxylic acids is 3. The third-order valence-corrected chi connectivity index (χ3v) is 7.03. The van der Waals surface area contributed by atoms with Crippen LogP contribution < -0.4 is 5.73 Å². The van der Waals surface area contributed by atoms with Crippen molar-refractivity contribution in [2.24, 2.45) is 17.6 Å². The summed E-state index contributed by atoms with van der Waals surface area (Å²) in [6.45, 7) is 9.27. The average molecular weight is 527 g/mol. The largest absolute Gasteiger partial charge is 0.464 e. The number of ether oxygens (including phenoxy) is 2. The van der Waals surface area contributed by atoms with Crippen LogP contribution in [0.1, 0.15) is 130 Å². The van der Waals surface area contributed by atoms with Gasteiger partial charge in [0.2, 0.25) is 5.91 Å². The lowest BCUT2D eigenvalue weighted by Crippen LogP contribution is -2.41. The molecule has 2 N–H and O–H groups in total. The van der Waals surface area contributed by atoms with Crippen molar-refractivity contribution in [2.45, 2.75) is 130 Å². The summed E-state index contributed by atoms with van der Waals surface area (Å²) in [7, 11) is 0. The number of nitrogens with zero attached hydrogens (tertiary/aromatic N) is 1. The Morgan fingerprint density at radius 1 is 0.595 bits per heavy atom. The summed E-state index contributed by atoms with van der Waals surface area (Å²) in [5.41, 5.74) is 5.60. The van der Waals surface area contributed by atoms with Crippen LogP contribution in [0.5, 0.6) is 0 Å². The zero-order valence-electron chi connectivity index (χ0n) is 24.6. The number of nitrogens with two attached hydrogens (primary N) is 1. The van der Waals surface area contributed by atoms with E-state index < -0.39 is 0 Å². The van der Waals surface area contributed by atoms with E-state index in [4.69, 9.17) is 15.2 Å².